The van der Waals surface area contributed by atoms with Gasteiger partial charge in [-0.25, -0.2) is 0 Å². The molecule has 2 nitrogen and oxygen atoms in total. The molecule has 1 unspecified atom stereocenters. The summed E-state index contributed by atoms with van der Waals surface area (Å²) >= 11 is 0. The summed E-state index contributed by atoms with van der Waals surface area (Å²) in [6.45, 7) is 2.51. The molecule has 88 valence electrons. The van der Waals surface area contributed by atoms with Gasteiger partial charge in [-0.15, -0.1) is 0 Å². The van der Waals surface area contributed by atoms with Crippen molar-refractivity contribution in [3.8, 4) is 0 Å². The summed E-state index contributed by atoms with van der Waals surface area (Å²) in [5.74, 6) is 0. The maximum atomic E-state index is 8.79. The number of hydrogen-bond donors (Lipinski definition) is 2. The molecule has 16 heavy (non-hydrogen) atoms. The molecule has 1 aromatic carbocycles. The van der Waals surface area contributed by atoms with E-state index in [-0.39, 0.29) is 0 Å². The summed E-state index contributed by atoms with van der Waals surface area (Å²) < 4.78 is 0. The summed E-state index contributed by atoms with van der Waals surface area (Å²) in [5.41, 5.74) is 2.99. The van der Waals surface area contributed by atoms with Crippen molar-refractivity contribution in [2.24, 2.45) is 0 Å². The lowest BCUT2D eigenvalue weighted by Crippen LogP contribution is -2.37. The van der Waals surface area contributed by atoms with Gasteiger partial charge < -0.3 is 10.4 Å². The van der Waals surface area contributed by atoms with Gasteiger partial charge in [-0.2, -0.15) is 0 Å². The predicted molar refractivity (Wildman–Crippen MR) is 66.6 cm³/mol. The van der Waals surface area contributed by atoms with Crippen LogP contribution in [0.1, 0.15) is 30.9 Å². The van der Waals surface area contributed by atoms with Gasteiger partial charge in [0.15, 0.2) is 0 Å². The Morgan fingerprint density at radius 2 is 1.94 bits per heavy atom. The van der Waals surface area contributed by atoms with Crippen LogP contribution in [0.3, 0.4) is 0 Å². The second-order valence-corrected chi connectivity index (χ2v) is 4.81. The maximum Gasteiger partial charge on any atom is 0.0431 e. The Bertz CT molecular complexity index is 312. The van der Waals surface area contributed by atoms with Crippen LogP contribution >= 0.6 is 0 Å². The highest BCUT2D eigenvalue weighted by molar-refractivity contribution is 5.33. The number of fused-ring (bicyclic) bond motifs is 1. The third-order valence-electron chi connectivity index (χ3n) is 3.37. The molecule has 2 N–H and O–H groups in total. The standard InChI is InChI=1S/C14H21NO/c1-11(5-4-8-16)15-14-9-12-6-2-3-7-13(12)10-14/h2-3,6-7,11,14-16H,4-5,8-10H2,1H3. The predicted octanol–water partition coefficient (Wildman–Crippen LogP) is 1.90. The van der Waals surface area contributed by atoms with E-state index in [1.54, 1.807) is 0 Å². The van der Waals surface area contributed by atoms with Crippen molar-refractivity contribution in [2.45, 2.75) is 44.7 Å². The molecular formula is C14H21NO. The van der Waals surface area contributed by atoms with E-state index in [2.05, 4.69) is 36.5 Å². The molecule has 1 aromatic rings. The highest BCUT2D eigenvalue weighted by atomic mass is 16.2. The molecule has 0 aliphatic heterocycles. The average molecular weight is 219 g/mol. The van der Waals surface area contributed by atoms with E-state index in [1.165, 1.54) is 11.1 Å². The molecule has 2 rings (SSSR count). The summed E-state index contributed by atoms with van der Waals surface area (Å²) in [7, 11) is 0. The Labute approximate surface area is 97.7 Å². The van der Waals surface area contributed by atoms with Gasteiger partial charge >= 0.3 is 0 Å². The Morgan fingerprint density at radius 3 is 2.50 bits per heavy atom. The third-order valence-corrected chi connectivity index (χ3v) is 3.37. The molecule has 0 bridgehead atoms. The van der Waals surface area contributed by atoms with E-state index in [0.29, 0.717) is 18.7 Å². The maximum absolute atomic E-state index is 8.79. The molecule has 0 amide bonds. The Balaban J connectivity index is 1.82. The molecule has 1 atom stereocenters. The van der Waals surface area contributed by atoms with Crippen molar-refractivity contribution in [1.29, 1.82) is 0 Å². The first-order valence-corrected chi connectivity index (χ1v) is 6.23. The zero-order valence-corrected chi connectivity index (χ0v) is 9.95. The quantitative estimate of drug-likeness (QED) is 0.793. The topological polar surface area (TPSA) is 32.3 Å². The zero-order valence-electron chi connectivity index (χ0n) is 9.95. The van der Waals surface area contributed by atoms with Crippen molar-refractivity contribution in [3.05, 3.63) is 35.4 Å². The lowest BCUT2D eigenvalue weighted by molar-refractivity contribution is 0.273. The van der Waals surface area contributed by atoms with Crippen LogP contribution in [0.4, 0.5) is 0 Å². The van der Waals surface area contributed by atoms with Crippen LogP contribution in [0.5, 0.6) is 0 Å². The van der Waals surface area contributed by atoms with Crippen LogP contribution in [0.2, 0.25) is 0 Å². The van der Waals surface area contributed by atoms with E-state index < -0.39 is 0 Å². The molecule has 1 aliphatic rings. The first-order chi connectivity index (χ1) is 7.79. The first-order valence-electron chi connectivity index (χ1n) is 6.23. The van der Waals surface area contributed by atoms with Crippen molar-refractivity contribution in [1.82, 2.24) is 5.32 Å². The SMILES string of the molecule is CC(CCCO)NC1Cc2ccccc2C1. The molecule has 0 fully saturated rings. The Hall–Kier alpha value is -0.860. The molecule has 1 aliphatic carbocycles. The minimum Gasteiger partial charge on any atom is -0.396 e. The summed E-state index contributed by atoms with van der Waals surface area (Å²) in [4.78, 5) is 0. The summed E-state index contributed by atoms with van der Waals surface area (Å²) in [6.07, 6.45) is 4.26. The minimum absolute atomic E-state index is 0.302. The second-order valence-electron chi connectivity index (χ2n) is 4.81. The molecule has 2 heteroatoms. The van der Waals surface area contributed by atoms with Gasteiger partial charge in [-0.3, -0.25) is 0 Å². The Morgan fingerprint density at radius 1 is 1.31 bits per heavy atom. The van der Waals surface area contributed by atoms with Crippen LogP contribution < -0.4 is 5.32 Å². The van der Waals surface area contributed by atoms with Gasteiger partial charge in [0, 0.05) is 18.7 Å². The number of aliphatic hydroxyl groups is 1. The van der Waals surface area contributed by atoms with Crippen LogP contribution in [-0.2, 0) is 12.8 Å². The fraction of sp³-hybridized carbons (Fsp3) is 0.571. The molecule has 0 saturated heterocycles. The van der Waals surface area contributed by atoms with Crippen LogP contribution in [-0.4, -0.2) is 23.8 Å². The fourth-order valence-electron chi connectivity index (χ4n) is 2.56. The second kappa shape index (κ2) is 5.46. The van der Waals surface area contributed by atoms with Gasteiger partial charge in [-0.1, -0.05) is 24.3 Å². The van der Waals surface area contributed by atoms with Crippen molar-refractivity contribution in [2.75, 3.05) is 6.61 Å². The first kappa shape index (κ1) is 11.6. The summed E-state index contributed by atoms with van der Waals surface area (Å²) in [6, 6.07) is 9.80. The zero-order chi connectivity index (χ0) is 11.4. The molecule has 0 saturated carbocycles. The number of rotatable bonds is 5. The number of benzene rings is 1. The number of aliphatic hydroxyl groups excluding tert-OH is 1. The van der Waals surface area contributed by atoms with Crippen molar-refractivity contribution in [3.63, 3.8) is 0 Å². The summed E-state index contributed by atoms with van der Waals surface area (Å²) in [5, 5.41) is 12.4. The van der Waals surface area contributed by atoms with Gasteiger partial charge in [-0.05, 0) is 43.7 Å². The van der Waals surface area contributed by atoms with Gasteiger partial charge in [0.2, 0.25) is 0 Å². The lowest BCUT2D eigenvalue weighted by atomic mass is 10.1. The smallest absolute Gasteiger partial charge is 0.0431 e. The van der Waals surface area contributed by atoms with E-state index in [4.69, 9.17) is 5.11 Å². The van der Waals surface area contributed by atoms with Crippen molar-refractivity contribution >= 4 is 0 Å². The van der Waals surface area contributed by atoms with Crippen molar-refractivity contribution < 1.29 is 5.11 Å². The van der Waals surface area contributed by atoms with Gasteiger partial charge in [0.05, 0.1) is 0 Å². The largest absolute Gasteiger partial charge is 0.396 e. The fourth-order valence-corrected chi connectivity index (χ4v) is 2.56. The Kier molecular flexibility index (Phi) is 3.97. The molecule has 0 heterocycles. The normalized spacial score (nSPS) is 17.4. The van der Waals surface area contributed by atoms with Crippen LogP contribution in [0.15, 0.2) is 24.3 Å². The highest BCUT2D eigenvalue weighted by Gasteiger charge is 2.21. The average Bonchev–Trinajstić information content (AvgIpc) is 2.68. The monoisotopic (exact) mass is 219 g/mol. The van der Waals surface area contributed by atoms with Crippen LogP contribution in [0.25, 0.3) is 0 Å². The molecule has 0 spiro atoms. The van der Waals surface area contributed by atoms with E-state index >= 15 is 0 Å². The van der Waals surface area contributed by atoms with E-state index in [9.17, 15) is 0 Å². The minimum atomic E-state index is 0.302. The van der Waals surface area contributed by atoms with Gasteiger partial charge in [0.25, 0.3) is 0 Å². The number of hydrogen-bond acceptors (Lipinski definition) is 2. The lowest BCUT2D eigenvalue weighted by Gasteiger charge is -2.18. The molecular weight excluding hydrogens is 198 g/mol. The molecule has 0 aromatic heterocycles. The molecule has 0 radical (unpaired) electrons. The van der Waals surface area contributed by atoms with Gasteiger partial charge in [0.1, 0.15) is 0 Å². The van der Waals surface area contributed by atoms with E-state index in [1.807, 2.05) is 0 Å². The van der Waals surface area contributed by atoms with Crippen LogP contribution in [0, 0.1) is 0 Å². The third kappa shape index (κ3) is 2.83. The highest BCUT2D eigenvalue weighted by Crippen LogP contribution is 2.22. The number of nitrogens with one attached hydrogen (secondary N) is 1. The van der Waals surface area contributed by atoms with E-state index in [0.717, 1.165) is 25.7 Å².